The van der Waals surface area contributed by atoms with E-state index < -0.39 is 10.0 Å². The van der Waals surface area contributed by atoms with E-state index in [2.05, 4.69) is 4.72 Å². The van der Waals surface area contributed by atoms with E-state index in [1.54, 1.807) is 0 Å². The van der Waals surface area contributed by atoms with E-state index in [0.717, 1.165) is 0 Å². The zero-order valence-corrected chi connectivity index (χ0v) is 13.1. The third-order valence-electron chi connectivity index (χ3n) is 4.31. The third-order valence-corrected chi connectivity index (χ3v) is 6.22. The summed E-state index contributed by atoms with van der Waals surface area (Å²) in [5.74, 6) is 1.82. The molecule has 2 saturated carbocycles. The summed E-state index contributed by atoms with van der Waals surface area (Å²) < 4.78 is 27.5. The van der Waals surface area contributed by atoms with Crippen molar-refractivity contribution in [2.75, 3.05) is 6.54 Å². The minimum atomic E-state index is -3.66. The van der Waals surface area contributed by atoms with E-state index in [-0.39, 0.29) is 9.92 Å². The van der Waals surface area contributed by atoms with Crippen LogP contribution in [-0.4, -0.2) is 15.0 Å². The summed E-state index contributed by atoms with van der Waals surface area (Å²) in [7, 11) is -3.66. The Balaban J connectivity index is 1.75. The molecular formula is C15H17ClN2O2S. The van der Waals surface area contributed by atoms with Gasteiger partial charge in [0.05, 0.1) is 16.7 Å². The lowest BCUT2D eigenvalue weighted by Crippen LogP contribution is -2.31. The molecule has 0 aromatic heterocycles. The average Bonchev–Trinajstić information content (AvgIpc) is 3.33. The number of halogens is 1. The molecule has 0 radical (unpaired) electrons. The quantitative estimate of drug-likeness (QED) is 0.874. The van der Waals surface area contributed by atoms with E-state index in [4.69, 9.17) is 16.9 Å². The highest BCUT2D eigenvalue weighted by Crippen LogP contribution is 2.48. The molecule has 0 amide bonds. The van der Waals surface area contributed by atoms with E-state index in [9.17, 15) is 8.42 Å². The highest BCUT2D eigenvalue weighted by atomic mass is 35.5. The second-order valence-electron chi connectivity index (χ2n) is 5.95. The molecule has 0 aliphatic heterocycles. The lowest BCUT2D eigenvalue weighted by molar-refractivity contribution is 0.401. The Bertz CT molecular complexity index is 676. The molecule has 6 heteroatoms. The van der Waals surface area contributed by atoms with Crippen LogP contribution < -0.4 is 4.72 Å². The van der Waals surface area contributed by atoms with Crippen LogP contribution in [0.4, 0.5) is 0 Å². The number of sulfonamides is 1. The second kappa shape index (κ2) is 5.60. The molecule has 21 heavy (non-hydrogen) atoms. The first kappa shape index (κ1) is 14.8. The highest BCUT2D eigenvalue weighted by Gasteiger charge is 2.41. The van der Waals surface area contributed by atoms with Gasteiger partial charge in [0.1, 0.15) is 4.90 Å². The molecule has 2 aliphatic rings. The van der Waals surface area contributed by atoms with Gasteiger partial charge >= 0.3 is 0 Å². The van der Waals surface area contributed by atoms with Crippen LogP contribution in [0.15, 0.2) is 23.1 Å². The van der Waals surface area contributed by atoms with Crippen molar-refractivity contribution in [1.82, 2.24) is 4.72 Å². The van der Waals surface area contributed by atoms with Crippen LogP contribution in [-0.2, 0) is 10.0 Å². The molecular weight excluding hydrogens is 308 g/mol. The maximum absolute atomic E-state index is 12.4. The summed E-state index contributed by atoms with van der Waals surface area (Å²) in [5.41, 5.74) is 0.292. The van der Waals surface area contributed by atoms with E-state index in [1.165, 1.54) is 43.9 Å². The van der Waals surface area contributed by atoms with Crippen LogP contribution in [0.3, 0.4) is 0 Å². The Labute approximate surface area is 130 Å². The molecule has 1 aromatic carbocycles. The van der Waals surface area contributed by atoms with Crippen molar-refractivity contribution in [2.45, 2.75) is 30.6 Å². The lowest BCUT2D eigenvalue weighted by Gasteiger charge is -2.16. The largest absolute Gasteiger partial charge is 0.242 e. The number of rotatable bonds is 6. The maximum atomic E-state index is 12.4. The summed E-state index contributed by atoms with van der Waals surface area (Å²) in [6.07, 6.45) is 4.86. The van der Waals surface area contributed by atoms with Crippen molar-refractivity contribution in [3.05, 3.63) is 28.8 Å². The van der Waals surface area contributed by atoms with Crippen LogP contribution in [0.25, 0.3) is 0 Å². The monoisotopic (exact) mass is 324 g/mol. The van der Waals surface area contributed by atoms with Crippen LogP contribution >= 0.6 is 11.6 Å². The smallest absolute Gasteiger partial charge is 0.211 e. The van der Waals surface area contributed by atoms with Gasteiger partial charge in [0.2, 0.25) is 10.0 Å². The Morgan fingerprint density at radius 1 is 1.29 bits per heavy atom. The van der Waals surface area contributed by atoms with Crippen molar-refractivity contribution in [3.8, 4) is 6.07 Å². The zero-order chi connectivity index (χ0) is 15.0. The van der Waals surface area contributed by atoms with Crippen molar-refractivity contribution in [2.24, 2.45) is 17.8 Å². The van der Waals surface area contributed by atoms with Crippen molar-refractivity contribution >= 4 is 21.6 Å². The van der Waals surface area contributed by atoms with Gasteiger partial charge in [0.15, 0.2) is 0 Å². The van der Waals surface area contributed by atoms with Gasteiger partial charge in [-0.05, 0) is 61.6 Å². The van der Waals surface area contributed by atoms with Gasteiger partial charge in [-0.3, -0.25) is 0 Å². The van der Waals surface area contributed by atoms with Crippen molar-refractivity contribution in [1.29, 1.82) is 5.26 Å². The number of hydrogen-bond acceptors (Lipinski definition) is 3. The summed E-state index contributed by atoms with van der Waals surface area (Å²) in [4.78, 5) is -0.00596. The van der Waals surface area contributed by atoms with Crippen LogP contribution in [0.2, 0.25) is 5.02 Å². The predicted molar refractivity (Wildman–Crippen MR) is 80.3 cm³/mol. The first-order valence-corrected chi connectivity index (χ1v) is 9.06. The molecule has 0 atom stereocenters. The lowest BCUT2D eigenvalue weighted by atomic mass is 9.99. The first-order chi connectivity index (χ1) is 10.0. The molecule has 0 saturated heterocycles. The fraction of sp³-hybridized carbons (Fsp3) is 0.533. The minimum Gasteiger partial charge on any atom is -0.211 e. The molecule has 112 valence electrons. The first-order valence-electron chi connectivity index (χ1n) is 7.20. The third kappa shape index (κ3) is 3.39. The van der Waals surface area contributed by atoms with Gasteiger partial charge < -0.3 is 0 Å². The summed E-state index contributed by atoms with van der Waals surface area (Å²) in [6.45, 7) is 0.477. The van der Waals surface area contributed by atoms with Crippen LogP contribution in [0.5, 0.6) is 0 Å². The Hall–Kier alpha value is -1.09. The number of nitrogens with one attached hydrogen (secondary N) is 1. The van der Waals surface area contributed by atoms with Gasteiger partial charge in [0.25, 0.3) is 0 Å². The molecule has 4 nitrogen and oxygen atoms in total. The molecule has 1 N–H and O–H groups in total. The van der Waals surface area contributed by atoms with Gasteiger partial charge in [-0.15, -0.1) is 0 Å². The van der Waals surface area contributed by atoms with Crippen LogP contribution in [0, 0.1) is 29.1 Å². The second-order valence-corrected chi connectivity index (χ2v) is 8.09. The molecule has 1 aromatic rings. The highest BCUT2D eigenvalue weighted by molar-refractivity contribution is 7.89. The van der Waals surface area contributed by atoms with Gasteiger partial charge in [-0.1, -0.05) is 11.6 Å². The Kier molecular flexibility index (Phi) is 3.96. The molecule has 2 aliphatic carbocycles. The van der Waals surface area contributed by atoms with E-state index in [1.807, 2.05) is 6.07 Å². The molecule has 0 unspecified atom stereocenters. The van der Waals surface area contributed by atoms with Crippen molar-refractivity contribution < 1.29 is 8.42 Å². The fourth-order valence-corrected chi connectivity index (χ4v) is 4.43. The molecule has 0 heterocycles. The fourth-order valence-electron chi connectivity index (χ4n) is 2.83. The summed E-state index contributed by atoms with van der Waals surface area (Å²) in [5, 5.41) is 9.04. The number of nitriles is 1. The molecule has 2 fully saturated rings. The van der Waals surface area contributed by atoms with Crippen molar-refractivity contribution in [3.63, 3.8) is 0 Å². The van der Waals surface area contributed by atoms with Gasteiger partial charge in [-0.2, -0.15) is 5.26 Å². The maximum Gasteiger partial charge on any atom is 0.242 e. The topological polar surface area (TPSA) is 70.0 Å². The molecule has 0 spiro atoms. The normalized spacial score (nSPS) is 18.7. The van der Waals surface area contributed by atoms with E-state index in [0.29, 0.717) is 29.9 Å². The predicted octanol–water partition coefficient (Wildman–Crippen LogP) is 2.93. The average molecular weight is 325 g/mol. The Morgan fingerprint density at radius 3 is 2.43 bits per heavy atom. The van der Waals surface area contributed by atoms with Gasteiger partial charge in [0, 0.05) is 6.54 Å². The SMILES string of the molecule is N#Cc1ccc(Cl)c(S(=O)(=O)NCC(C2CC2)C2CC2)c1. The summed E-state index contributed by atoms with van der Waals surface area (Å²) in [6, 6.07) is 6.23. The molecule has 3 rings (SSSR count). The number of hydrogen-bond donors (Lipinski definition) is 1. The Morgan fingerprint density at radius 2 is 1.90 bits per heavy atom. The standard InChI is InChI=1S/C15H17ClN2O2S/c16-14-6-1-10(8-17)7-15(14)21(19,20)18-9-13(11-2-3-11)12-4-5-12/h1,6-7,11-13,18H,2-5,9H2. The van der Waals surface area contributed by atoms with Gasteiger partial charge in [-0.25, -0.2) is 13.1 Å². The van der Waals surface area contributed by atoms with E-state index >= 15 is 0 Å². The van der Waals surface area contributed by atoms with Crippen LogP contribution in [0.1, 0.15) is 31.2 Å². The minimum absolute atomic E-state index is 0.00596. The molecule has 0 bridgehead atoms. The number of benzene rings is 1. The zero-order valence-electron chi connectivity index (χ0n) is 11.5. The number of nitrogens with zero attached hydrogens (tertiary/aromatic N) is 1. The summed E-state index contributed by atoms with van der Waals surface area (Å²) >= 11 is 5.97.